The van der Waals surface area contributed by atoms with Gasteiger partial charge in [-0.25, -0.2) is 9.59 Å². The Labute approximate surface area is 173 Å². The molecule has 0 fully saturated rings. The van der Waals surface area contributed by atoms with E-state index in [9.17, 15) is 9.59 Å². The highest BCUT2D eigenvalue weighted by molar-refractivity contribution is 6.65. The Hall–Kier alpha value is -2.82. The van der Waals surface area contributed by atoms with Crippen LogP contribution in [0.2, 0.25) is 0 Å². The summed E-state index contributed by atoms with van der Waals surface area (Å²) in [6, 6.07) is 13.2. The molecular formula is C22H18Cl2O4. The summed E-state index contributed by atoms with van der Waals surface area (Å²) in [5.74, 6) is -0.248. The number of carbonyl (C=O) groups excluding carboxylic acids is 2. The zero-order valence-electron chi connectivity index (χ0n) is 15.4. The van der Waals surface area contributed by atoms with Crippen molar-refractivity contribution in [1.29, 1.82) is 0 Å². The number of hydrogen-bond acceptors (Lipinski definition) is 4. The fraction of sp³-hybridized carbons (Fsp3) is 0.0909. The molecule has 0 heterocycles. The lowest BCUT2D eigenvalue weighted by Gasteiger charge is -2.08. The number of halogens is 2. The maximum absolute atomic E-state index is 11.5. The van der Waals surface area contributed by atoms with Crippen LogP contribution in [0.1, 0.15) is 25.0 Å². The number of benzene rings is 2. The molecule has 0 aliphatic heterocycles. The Kier molecular flexibility index (Phi) is 7.21. The summed E-state index contributed by atoms with van der Waals surface area (Å²) in [6.07, 6.45) is 0. The number of rotatable bonds is 6. The summed E-state index contributed by atoms with van der Waals surface area (Å²) in [6.45, 7) is 10.2. The normalized spacial score (nSPS) is 11.3. The standard InChI is InChI=1S/C22H18Cl2O4/c1-13(2)21(25)27-17-9-5-15(6-10-17)19(23)20(24)16-7-11-18(12-8-16)28-22(26)14(3)4/h5-12H,1,3H2,2,4H3. The first-order valence-corrected chi connectivity index (χ1v) is 8.96. The topological polar surface area (TPSA) is 52.6 Å². The van der Waals surface area contributed by atoms with Gasteiger partial charge in [0.15, 0.2) is 0 Å². The van der Waals surface area contributed by atoms with Crippen LogP contribution in [-0.4, -0.2) is 11.9 Å². The monoisotopic (exact) mass is 416 g/mol. The first kappa shape index (κ1) is 21.5. The van der Waals surface area contributed by atoms with Gasteiger partial charge in [-0.2, -0.15) is 0 Å². The van der Waals surface area contributed by atoms with Gasteiger partial charge in [0.2, 0.25) is 0 Å². The van der Waals surface area contributed by atoms with E-state index in [1.54, 1.807) is 62.4 Å². The van der Waals surface area contributed by atoms with Gasteiger partial charge < -0.3 is 9.47 Å². The van der Waals surface area contributed by atoms with Crippen LogP contribution in [0.15, 0.2) is 72.8 Å². The molecule has 0 bridgehead atoms. The van der Waals surface area contributed by atoms with Gasteiger partial charge in [0.05, 0.1) is 10.1 Å². The molecule has 4 nitrogen and oxygen atoms in total. The second-order valence-corrected chi connectivity index (χ2v) is 6.77. The van der Waals surface area contributed by atoms with E-state index in [0.717, 1.165) is 0 Å². The zero-order chi connectivity index (χ0) is 20.8. The van der Waals surface area contributed by atoms with Crippen LogP contribution in [0.4, 0.5) is 0 Å². The van der Waals surface area contributed by atoms with Crippen molar-refractivity contribution in [2.45, 2.75) is 13.8 Å². The molecule has 0 N–H and O–H groups in total. The molecule has 2 rings (SSSR count). The molecule has 0 aliphatic rings. The molecule has 0 unspecified atom stereocenters. The minimum atomic E-state index is -0.500. The van der Waals surface area contributed by atoms with Gasteiger partial charge in [0, 0.05) is 11.1 Å². The van der Waals surface area contributed by atoms with E-state index < -0.39 is 11.9 Å². The van der Waals surface area contributed by atoms with Crippen molar-refractivity contribution in [1.82, 2.24) is 0 Å². The van der Waals surface area contributed by atoms with Crippen LogP contribution >= 0.6 is 23.2 Å². The second-order valence-electron chi connectivity index (χ2n) is 6.02. The maximum atomic E-state index is 11.5. The predicted molar refractivity (Wildman–Crippen MR) is 112 cm³/mol. The molecule has 0 atom stereocenters. The average molecular weight is 417 g/mol. The van der Waals surface area contributed by atoms with Gasteiger partial charge in [-0.05, 0) is 73.5 Å². The van der Waals surface area contributed by atoms with E-state index in [-0.39, 0.29) is 0 Å². The van der Waals surface area contributed by atoms with E-state index >= 15 is 0 Å². The first-order valence-electron chi connectivity index (χ1n) is 8.20. The van der Waals surface area contributed by atoms with Gasteiger partial charge in [-0.3, -0.25) is 0 Å². The van der Waals surface area contributed by atoms with Crippen LogP contribution in [-0.2, 0) is 9.59 Å². The molecule has 0 saturated carbocycles. The Morgan fingerprint density at radius 2 is 0.964 bits per heavy atom. The number of carbonyl (C=O) groups is 2. The van der Waals surface area contributed by atoms with Crippen molar-refractivity contribution < 1.29 is 19.1 Å². The summed E-state index contributed by atoms with van der Waals surface area (Å²) >= 11 is 12.8. The van der Waals surface area contributed by atoms with Crippen molar-refractivity contribution in [2.24, 2.45) is 0 Å². The van der Waals surface area contributed by atoms with Gasteiger partial charge in [-0.15, -0.1) is 0 Å². The summed E-state index contributed by atoms with van der Waals surface area (Å²) in [4.78, 5) is 23.1. The van der Waals surface area contributed by atoms with Crippen LogP contribution in [0.25, 0.3) is 10.1 Å². The highest BCUT2D eigenvalue weighted by Gasteiger charge is 2.11. The molecule has 2 aromatic rings. The zero-order valence-corrected chi connectivity index (χ0v) is 16.9. The van der Waals surface area contributed by atoms with Gasteiger partial charge in [0.25, 0.3) is 0 Å². The van der Waals surface area contributed by atoms with E-state index in [4.69, 9.17) is 32.7 Å². The third kappa shape index (κ3) is 5.59. The molecule has 0 spiro atoms. The fourth-order valence-electron chi connectivity index (χ4n) is 1.98. The summed E-state index contributed by atoms with van der Waals surface area (Å²) < 4.78 is 10.3. The van der Waals surface area contributed by atoms with Crippen LogP contribution < -0.4 is 9.47 Å². The molecule has 6 heteroatoms. The van der Waals surface area contributed by atoms with E-state index in [0.29, 0.717) is 43.8 Å². The van der Waals surface area contributed by atoms with Crippen LogP contribution in [0, 0.1) is 0 Å². The smallest absolute Gasteiger partial charge is 0.338 e. The summed E-state index contributed by atoms with van der Waals surface area (Å²) in [5.41, 5.74) is 1.92. The molecule has 28 heavy (non-hydrogen) atoms. The largest absolute Gasteiger partial charge is 0.423 e. The van der Waals surface area contributed by atoms with Crippen LogP contribution in [0.3, 0.4) is 0 Å². The van der Waals surface area contributed by atoms with Crippen molar-refractivity contribution >= 4 is 45.2 Å². The van der Waals surface area contributed by atoms with Gasteiger partial charge in [0.1, 0.15) is 11.5 Å². The Morgan fingerprint density at radius 1 is 0.679 bits per heavy atom. The highest BCUT2D eigenvalue weighted by atomic mass is 35.5. The molecule has 0 aromatic heterocycles. The van der Waals surface area contributed by atoms with Crippen molar-refractivity contribution in [3.63, 3.8) is 0 Å². The third-order valence-corrected chi connectivity index (χ3v) is 4.44. The van der Waals surface area contributed by atoms with Gasteiger partial charge in [-0.1, -0.05) is 36.4 Å². The second kappa shape index (κ2) is 9.40. The predicted octanol–water partition coefficient (Wildman–Crippen LogP) is 5.95. The van der Waals surface area contributed by atoms with E-state index in [1.807, 2.05) is 0 Å². The van der Waals surface area contributed by atoms with E-state index in [2.05, 4.69) is 13.2 Å². The fourth-order valence-corrected chi connectivity index (χ4v) is 2.45. The third-order valence-electron chi connectivity index (χ3n) is 3.53. The molecule has 0 aliphatic carbocycles. The Morgan fingerprint density at radius 3 is 1.21 bits per heavy atom. The van der Waals surface area contributed by atoms with E-state index in [1.165, 1.54) is 0 Å². The number of hydrogen-bond donors (Lipinski definition) is 0. The minimum Gasteiger partial charge on any atom is -0.423 e. The average Bonchev–Trinajstić information content (AvgIpc) is 2.67. The Bertz CT molecular complexity index is 876. The first-order chi connectivity index (χ1) is 13.2. The maximum Gasteiger partial charge on any atom is 0.338 e. The molecule has 144 valence electrons. The number of esters is 2. The molecule has 2 aromatic carbocycles. The van der Waals surface area contributed by atoms with Crippen LogP contribution in [0.5, 0.6) is 11.5 Å². The lowest BCUT2D eigenvalue weighted by Crippen LogP contribution is -2.08. The number of ether oxygens (including phenoxy) is 2. The van der Waals surface area contributed by atoms with Crippen molar-refractivity contribution in [3.05, 3.63) is 84.0 Å². The SMILES string of the molecule is C=C(C)C(=O)Oc1ccc(C(Cl)=C(Cl)c2ccc(OC(=O)C(=C)C)cc2)cc1. The van der Waals surface area contributed by atoms with Gasteiger partial charge >= 0.3 is 11.9 Å². The molecule has 0 radical (unpaired) electrons. The van der Waals surface area contributed by atoms with Crippen molar-refractivity contribution in [3.8, 4) is 11.5 Å². The molecule has 0 saturated heterocycles. The highest BCUT2D eigenvalue weighted by Crippen LogP contribution is 2.34. The molecular weight excluding hydrogens is 399 g/mol. The summed E-state index contributed by atoms with van der Waals surface area (Å²) in [7, 11) is 0. The Balaban J connectivity index is 2.17. The summed E-state index contributed by atoms with van der Waals surface area (Å²) in [5, 5.41) is 0.650. The lowest BCUT2D eigenvalue weighted by atomic mass is 10.1. The molecule has 0 amide bonds. The van der Waals surface area contributed by atoms with Crippen molar-refractivity contribution in [2.75, 3.05) is 0 Å². The quantitative estimate of drug-likeness (QED) is 0.252. The minimum absolute atomic E-state index is 0.308. The lowest BCUT2D eigenvalue weighted by molar-refractivity contribution is -0.130.